The highest BCUT2D eigenvalue weighted by Gasteiger charge is 2.27. The summed E-state index contributed by atoms with van der Waals surface area (Å²) >= 11 is 0. The van der Waals surface area contributed by atoms with Gasteiger partial charge in [-0.25, -0.2) is 4.57 Å². The first-order valence-corrected chi connectivity index (χ1v) is 23.4. The third kappa shape index (κ3) is 40.2. The maximum Gasteiger partial charge on any atom is 0.472 e. The molecule has 0 saturated heterocycles. The maximum absolute atomic E-state index is 12.6. The molecule has 0 fully saturated rings. The van der Waals surface area contributed by atoms with Crippen molar-refractivity contribution in [3.05, 3.63) is 36.5 Å². The normalized spacial score (nSPS) is 14.2. The fourth-order valence-corrected chi connectivity index (χ4v) is 6.67. The van der Waals surface area contributed by atoms with Crippen LogP contribution in [0.2, 0.25) is 0 Å². The molecule has 11 heteroatoms. The van der Waals surface area contributed by atoms with E-state index in [1.807, 2.05) is 0 Å². The standard InChI is InChI=1S/C44H81O10P/c1-3-5-7-9-11-13-15-17-18-19-20-21-22-24-26-28-30-32-34-36-44(48)54-42(40-53-55(49,50)52-38-41(46)37-45)39-51-43(47)35-33-31-29-27-25-23-16-14-12-10-8-6-4-2/h11,13,17-18,20-21,41-42,45-46H,3-10,12,14-16,19,22-40H2,1-2H3,(H,49,50)/b13-11-,18-17-,21-20-. The Hall–Kier alpha value is -1.81. The van der Waals surface area contributed by atoms with Crippen LogP contribution in [-0.2, 0) is 32.7 Å². The lowest BCUT2D eigenvalue weighted by Gasteiger charge is -2.20. The molecule has 322 valence electrons. The number of carbonyl (C=O) groups is 2. The van der Waals surface area contributed by atoms with Crippen LogP contribution in [0.5, 0.6) is 0 Å². The molecule has 0 heterocycles. The fraction of sp³-hybridized carbons (Fsp3) is 0.818. The number of allylic oxidation sites excluding steroid dienone is 6. The molecule has 0 aromatic rings. The average Bonchev–Trinajstić information content (AvgIpc) is 3.17. The molecule has 0 aromatic heterocycles. The molecule has 0 radical (unpaired) electrons. The fourth-order valence-electron chi connectivity index (χ4n) is 5.88. The van der Waals surface area contributed by atoms with Crippen LogP contribution < -0.4 is 0 Å². The van der Waals surface area contributed by atoms with Gasteiger partial charge in [-0.2, -0.15) is 0 Å². The van der Waals surface area contributed by atoms with E-state index in [1.54, 1.807) is 0 Å². The van der Waals surface area contributed by atoms with Gasteiger partial charge in [-0.15, -0.1) is 0 Å². The van der Waals surface area contributed by atoms with Gasteiger partial charge < -0.3 is 24.6 Å². The Morgan fingerprint density at radius 3 is 1.45 bits per heavy atom. The third-order valence-electron chi connectivity index (χ3n) is 9.30. The number of hydrogen-bond acceptors (Lipinski definition) is 9. The summed E-state index contributed by atoms with van der Waals surface area (Å²) in [5.41, 5.74) is 0. The van der Waals surface area contributed by atoms with Crippen LogP contribution in [0.3, 0.4) is 0 Å². The van der Waals surface area contributed by atoms with E-state index in [4.69, 9.17) is 19.1 Å². The Balaban J connectivity index is 4.30. The van der Waals surface area contributed by atoms with Crippen molar-refractivity contribution in [2.24, 2.45) is 0 Å². The molecule has 0 saturated carbocycles. The monoisotopic (exact) mass is 801 g/mol. The molecule has 0 aliphatic carbocycles. The minimum absolute atomic E-state index is 0.171. The molecule has 3 atom stereocenters. The first kappa shape index (κ1) is 53.2. The van der Waals surface area contributed by atoms with Crippen molar-refractivity contribution in [1.82, 2.24) is 0 Å². The smallest absolute Gasteiger partial charge is 0.462 e. The highest BCUT2D eigenvalue weighted by atomic mass is 31.2. The summed E-state index contributed by atoms with van der Waals surface area (Å²) in [5, 5.41) is 18.3. The second-order valence-corrected chi connectivity index (χ2v) is 16.2. The number of rotatable bonds is 41. The highest BCUT2D eigenvalue weighted by molar-refractivity contribution is 7.47. The predicted molar refractivity (Wildman–Crippen MR) is 224 cm³/mol. The molecule has 3 N–H and O–H groups in total. The van der Waals surface area contributed by atoms with Crippen molar-refractivity contribution >= 4 is 19.8 Å². The summed E-state index contributed by atoms with van der Waals surface area (Å²) in [4.78, 5) is 35.0. The van der Waals surface area contributed by atoms with Gasteiger partial charge in [0.25, 0.3) is 0 Å². The van der Waals surface area contributed by atoms with Gasteiger partial charge in [0.1, 0.15) is 12.7 Å². The summed E-state index contributed by atoms with van der Waals surface area (Å²) in [6, 6.07) is 0. The van der Waals surface area contributed by atoms with E-state index in [1.165, 1.54) is 83.5 Å². The zero-order valence-electron chi connectivity index (χ0n) is 34.9. The molecule has 0 aromatic carbocycles. The molecule has 0 bridgehead atoms. The van der Waals surface area contributed by atoms with Crippen molar-refractivity contribution in [2.45, 2.75) is 206 Å². The van der Waals surface area contributed by atoms with Crippen LogP contribution in [0, 0.1) is 0 Å². The number of phosphoric acid groups is 1. The first-order chi connectivity index (χ1) is 26.7. The van der Waals surface area contributed by atoms with E-state index in [0.717, 1.165) is 70.6 Å². The van der Waals surface area contributed by atoms with Crippen LogP contribution in [0.25, 0.3) is 0 Å². The summed E-state index contributed by atoms with van der Waals surface area (Å²) in [6.45, 7) is 2.34. The number of aliphatic hydroxyl groups excluding tert-OH is 2. The highest BCUT2D eigenvalue weighted by Crippen LogP contribution is 2.43. The lowest BCUT2D eigenvalue weighted by Crippen LogP contribution is -2.29. The Kier molecular flexibility index (Phi) is 39.1. The predicted octanol–water partition coefficient (Wildman–Crippen LogP) is 11.6. The molecular weight excluding hydrogens is 719 g/mol. The lowest BCUT2D eigenvalue weighted by atomic mass is 10.0. The average molecular weight is 801 g/mol. The van der Waals surface area contributed by atoms with Crippen LogP contribution >= 0.6 is 7.82 Å². The lowest BCUT2D eigenvalue weighted by molar-refractivity contribution is -0.161. The van der Waals surface area contributed by atoms with Crippen molar-refractivity contribution in [3.63, 3.8) is 0 Å². The van der Waals surface area contributed by atoms with Gasteiger partial charge in [0.15, 0.2) is 6.10 Å². The molecular formula is C44H81O10P. The Morgan fingerprint density at radius 2 is 0.945 bits per heavy atom. The maximum atomic E-state index is 12.6. The number of esters is 2. The van der Waals surface area contributed by atoms with Crippen molar-refractivity contribution in [3.8, 4) is 0 Å². The number of carbonyl (C=O) groups excluding carboxylic acids is 2. The van der Waals surface area contributed by atoms with E-state index in [2.05, 4.69) is 54.8 Å². The Bertz CT molecular complexity index is 1010. The van der Waals surface area contributed by atoms with Crippen molar-refractivity contribution in [1.29, 1.82) is 0 Å². The summed E-state index contributed by atoms with van der Waals surface area (Å²) in [7, 11) is -4.62. The van der Waals surface area contributed by atoms with Gasteiger partial charge >= 0.3 is 19.8 Å². The minimum atomic E-state index is -4.62. The molecule has 0 aliphatic heterocycles. The second-order valence-electron chi connectivity index (χ2n) is 14.7. The number of hydrogen-bond donors (Lipinski definition) is 3. The van der Waals surface area contributed by atoms with E-state index < -0.39 is 51.8 Å². The van der Waals surface area contributed by atoms with E-state index in [0.29, 0.717) is 12.8 Å². The first-order valence-electron chi connectivity index (χ1n) is 21.9. The molecule has 10 nitrogen and oxygen atoms in total. The van der Waals surface area contributed by atoms with E-state index in [9.17, 15) is 24.2 Å². The molecule has 55 heavy (non-hydrogen) atoms. The van der Waals surface area contributed by atoms with Gasteiger partial charge in [-0.1, -0.05) is 166 Å². The zero-order chi connectivity index (χ0) is 40.5. The number of ether oxygens (including phenoxy) is 2. The van der Waals surface area contributed by atoms with Gasteiger partial charge in [0.05, 0.1) is 19.8 Å². The van der Waals surface area contributed by atoms with Gasteiger partial charge in [0, 0.05) is 12.8 Å². The second kappa shape index (κ2) is 40.4. The minimum Gasteiger partial charge on any atom is -0.462 e. The summed E-state index contributed by atoms with van der Waals surface area (Å²) in [6.07, 6.45) is 41.0. The van der Waals surface area contributed by atoms with Crippen molar-refractivity contribution < 1.29 is 47.8 Å². The molecule has 0 amide bonds. The van der Waals surface area contributed by atoms with Crippen LogP contribution in [0.1, 0.15) is 194 Å². The van der Waals surface area contributed by atoms with Gasteiger partial charge in [-0.3, -0.25) is 18.6 Å². The topological polar surface area (TPSA) is 149 Å². The number of unbranched alkanes of at least 4 members (excludes halogenated alkanes) is 21. The molecule has 0 aliphatic rings. The van der Waals surface area contributed by atoms with Crippen LogP contribution in [0.15, 0.2) is 36.5 Å². The molecule has 3 unspecified atom stereocenters. The van der Waals surface area contributed by atoms with Crippen LogP contribution in [0.4, 0.5) is 0 Å². The number of aliphatic hydroxyl groups is 2. The zero-order valence-corrected chi connectivity index (χ0v) is 35.8. The Morgan fingerprint density at radius 1 is 0.545 bits per heavy atom. The van der Waals surface area contributed by atoms with Crippen molar-refractivity contribution in [2.75, 3.05) is 26.4 Å². The molecule has 0 rings (SSSR count). The van der Waals surface area contributed by atoms with E-state index in [-0.39, 0.29) is 19.4 Å². The third-order valence-corrected chi connectivity index (χ3v) is 10.2. The largest absolute Gasteiger partial charge is 0.472 e. The molecule has 0 spiro atoms. The van der Waals surface area contributed by atoms with Gasteiger partial charge in [0.2, 0.25) is 0 Å². The van der Waals surface area contributed by atoms with E-state index >= 15 is 0 Å². The van der Waals surface area contributed by atoms with Crippen LogP contribution in [-0.4, -0.2) is 65.7 Å². The Labute approximate surface area is 335 Å². The quantitative estimate of drug-likeness (QED) is 0.0236. The summed E-state index contributed by atoms with van der Waals surface area (Å²) in [5.74, 6) is -0.935. The number of phosphoric ester groups is 1. The summed E-state index contributed by atoms with van der Waals surface area (Å²) < 4.78 is 32.7. The van der Waals surface area contributed by atoms with Gasteiger partial charge in [-0.05, 0) is 51.4 Å². The SMILES string of the molecule is CCCCC/C=C\C/C=C\C/C=C\CCCCCCCCC(=O)OC(COC(=O)CCCCCCCCCCCCCCC)COP(=O)(O)OCC(O)CO.